The Morgan fingerprint density at radius 2 is 2.33 bits per heavy atom. The Morgan fingerprint density at radius 3 is 2.67 bits per heavy atom. The molecule has 12 heavy (non-hydrogen) atoms. The zero-order chi connectivity index (χ0) is 9.14. The fourth-order valence-electron chi connectivity index (χ4n) is 1.54. The number of nitrogens with zero attached hydrogens (tertiary/aromatic N) is 1. The summed E-state index contributed by atoms with van der Waals surface area (Å²) in [5.41, 5.74) is 0. The predicted molar refractivity (Wildman–Crippen MR) is 50.4 cm³/mol. The monoisotopic (exact) mass is 189 g/mol. The SMILES string of the molecule is COC1CN(C(C)=O)CC1CS. The summed E-state index contributed by atoms with van der Waals surface area (Å²) in [6.07, 6.45) is 0.173. The van der Waals surface area contributed by atoms with Gasteiger partial charge >= 0.3 is 0 Å². The number of thiol groups is 1. The van der Waals surface area contributed by atoms with E-state index in [-0.39, 0.29) is 12.0 Å². The van der Waals surface area contributed by atoms with Crippen molar-refractivity contribution in [1.29, 1.82) is 0 Å². The summed E-state index contributed by atoms with van der Waals surface area (Å²) in [7, 11) is 1.69. The molecular formula is C8H15NO2S. The molecule has 3 nitrogen and oxygen atoms in total. The highest BCUT2D eigenvalue weighted by molar-refractivity contribution is 7.80. The van der Waals surface area contributed by atoms with Gasteiger partial charge in [0.2, 0.25) is 5.91 Å². The minimum atomic E-state index is 0.126. The van der Waals surface area contributed by atoms with E-state index in [9.17, 15) is 4.79 Å². The van der Waals surface area contributed by atoms with Gasteiger partial charge in [0.05, 0.1) is 6.10 Å². The van der Waals surface area contributed by atoms with E-state index in [1.807, 2.05) is 4.90 Å². The van der Waals surface area contributed by atoms with E-state index in [4.69, 9.17) is 4.74 Å². The van der Waals surface area contributed by atoms with Crippen molar-refractivity contribution >= 4 is 18.5 Å². The molecule has 1 aliphatic rings. The Morgan fingerprint density at radius 1 is 1.67 bits per heavy atom. The molecule has 0 radical (unpaired) electrons. The highest BCUT2D eigenvalue weighted by atomic mass is 32.1. The summed E-state index contributed by atoms with van der Waals surface area (Å²) in [5.74, 6) is 1.30. The van der Waals surface area contributed by atoms with Gasteiger partial charge in [-0.1, -0.05) is 0 Å². The molecule has 1 fully saturated rings. The summed E-state index contributed by atoms with van der Waals surface area (Å²) in [4.78, 5) is 12.8. The Bertz CT molecular complexity index is 162. The molecule has 0 aromatic carbocycles. The van der Waals surface area contributed by atoms with E-state index in [2.05, 4.69) is 12.6 Å². The van der Waals surface area contributed by atoms with Crippen molar-refractivity contribution < 1.29 is 9.53 Å². The largest absolute Gasteiger partial charge is 0.379 e. The van der Waals surface area contributed by atoms with Crippen LogP contribution in [-0.4, -0.2) is 42.9 Å². The molecule has 4 heteroatoms. The standard InChI is InChI=1S/C8H15NO2S/c1-6(10)9-3-7(5-12)8(4-9)11-2/h7-8,12H,3-5H2,1-2H3. The molecule has 0 bridgehead atoms. The highest BCUT2D eigenvalue weighted by Crippen LogP contribution is 2.20. The summed E-state index contributed by atoms with van der Waals surface area (Å²) in [6.45, 7) is 3.10. The van der Waals surface area contributed by atoms with Crippen molar-refractivity contribution in [2.75, 3.05) is 26.0 Å². The number of likely N-dealkylation sites (tertiary alicyclic amines) is 1. The average Bonchev–Trinajstić information content (AvgIpc) is 2.46. The van der Waals surface area contributed by atoms with E-state index in [1.54, 1.807) is 14.0 Å². The van der Waals surface area contributed by atoms with E-state index in [1.165, 1.54) is 0 Å². The van der Waals surface area contributed by atoms with Crippen LogP contribution in [0.1, 0.15) is 6.92 Å². The molecule has 2 unspecified atom stereocenters. The summed E-state index contributed by atoms with van der Waals surface area (Å²) < 4.78 is 5.25. The average molecular weight is 189 g/mol. The van der Waals surface area contributed by atoms with Crippen LogP contribution in [0.4, 0.5) is 0 Å². The van der Waals surface area contributed by atoms with Gasteiger partial charge in [-0.15, -0.1) is 0 Å². The van der Waals surface area contributed by atoms with Gasteiger partial charge in [-0.2, -0.15) is 12.6 Å². The van der Waals surface area contributed by atoms with Crippen molar-refractivity contribution in [3.63, 3.8) is 0 Å². The molecule has 0 aromatic heterocycles. The van der Waals surface area contributed by atoms with E-state index in [0.29, 0.717) is 5.92 Å². The van der Waals surface area contributed by atoms with Gasteiger partial charge in [-0.05, 0) is 5.75 Å². The lowest BCUT2D eigenvalue weighted by Gasteiger charge is -2.12. The molecule has 0 saturated carbocycles. The maximum atomic E-state index is 11.0. The molecule has 0 N–H and O–H groups in total. The van der Waals surface area contributed by atoms with Crippen molar-refractivity contribution in [2.24, 2.45) is 5.92 Å². The first-order valence-corrected chi connectivity index (χ1v) is 4.71. The Kier molecular flexibility index (Phi) is 3.40. The fourth-order valence-corrected chi connectivity index (χ4v) is 1.89. The number of carbonyl (C=O) groups excluding carboxylic acids is 1. The number of hydrogen-bond acceptors (Lipinski definition) is 3. The number of methoxy groups -OCH3 is 1. The van der Waals surface area contributed by atoms with Crippen LogP contribution in [0.2, 0.25) is 0 Å². The lowest BCUT2D eigenvalue weighted by Crippen LogP contribution is -2.27. The Balaban J connectivity index is 2.53. The third-order valence-corrected chi connectivity index (χ3v) is 2.83. The molecule has 0 aliphatic carbocycles. The summed E-state index contributed by atoms with van der Waals surface area (Å²) >= 11 is 4.22. The zero-order valence-corrected chi connectivity index (χ0v) is 8.38. The van der Waals surface area contributed by atoms with Crippen LogP contribution in [0, 0.1) is 5.92 Å². The molecule has 1 aliphatic heterocycles. The first-order valence-electron chi connectivity index (χ1n) is 4.08. The van der Waals surface area contributed by atoms with Crippen LogP contribution in [0.5, 0.6) is 0 Å². The van der Waals surface area contributed by atoms with Crippen LogP contribution in [-0.2, 0) is 9.53 Å². The second-order valence-electron chi connectivity index (χ2n) is 3.14. The number of ether oxygens (including phenoxy) is 1. The summed E-state index contributed by atoms with van der Waals surface area (Å²) in [6, 6.07) is 0. The first-order chi connectivity index (χ1) is 5.69. The third-order valence-electron chi connectivity index (χ3n) is 2.36. The van der Waals surface area contributed by atoms with Gasteiger partial charge in [-0.25, -0.2) is 0 Å². The van der Waals surface area contributed by atoms with Crippen LogP contribution >= 0.6 is 12.6 Å². The molecule has 0 aromatic rings. The fraction of sp³-hybridized carbons (Fsp3) is 0.875. The second kappa shape index (κ2) is 4.14. The maximum absolute atomic E-state index is 11.0. The van der Waals surface area contributed by atoms with Crippen molar-refractivity contribution in [1.82, 2.24) is 4.90 Å². The lowest BCUT2D eigenvalue weighted by molar-refractivity contribution is -0.128. The smallest absolute Gasteiger partial charge is 0.219 e. The summed E-state index contributed by atoms with van der Waals surface area (Å²) in [5, 5.41) is 0. The molecule has 1 heterocycles. The Hall–Kier alpha value is -0.220. The normalized spacial score (nSPS) is 29.4. The van der Waals surface area contributed by atoms with Crippen molar-refractivity contribution in [3.05, 3.63) is 0 Å². The Labute approximate surface area is 78.5 Å². The number of carbonyl (C=O) groups is 1. The highest BCUT2D eigenvalue weighted by Gasteiger charge is 2.32. The molecular weight excluding hydrogens is 174 g/mol. The number of hydrogen-bond donors (Lipinski definition) is 1. The molecule has 1 saturated heterocycles. The third kappa shape index (κ3) is 1.93. The quantitative estimate of drug-likeness (QED) is 0.638. The molecule has 0 spiro atoms. The number of rotatable bonds is 2. The molecule has 1 amide bonds. The number of amides is 1. The van der Waals surface area contributed by atoms with Gasteiger partial charge in [0.1, 0.15) is 0 Å². The molecule has 1 rings (SSSR count). The lowest BCUT2D eigenvalue weighted by atomic mass is 10.1. The van der Waals surface area contributed by atoms with Gasteiger partial charge < -0.3 is 9.64 Å². The molecule has 70 valence electrons. The van der Waals surface area contributed by atoms with E-state index >= 15 is 0 Å². The first kappa shape index (κ1) is 9.86. The topological polar surface area (TPSA) is 29.5 Å². The van der Waals surface area contributed by atoms with Crippen LogP contribution < -0.4 is 0 Å². The minimum absolute atomic E-state index is 0.126. The van der Waals surface area contributed by atoms with Gasteiger partial charge in [-0.3, -0.25) is 4.79 Å². The van der Waals surface area contributed by atoms with Gasteiger partial charge in [0, 0.05) is 33.0 Å². The van der Waals surface area contributed by atoms with E-state index < -0.39 is 0 Å². The van der Waals surface area contributed by atoms with Crippen molar-refractivity contribution in [2.45, 2.75) is 13.0 Å². The predicted octanol–water partition coefficient (Wildman–Crippen LogP) is 0.410. The van der Waals surface area contributed by atoms with E-state index in [0.717, 1.165) is 18.8 Å². The molecule has 2 atom stereocenters. The van der Waals surface area contributed by atoms with Gasteiger partial charge in [0.15, 0.2) is 0 Å². The van der Waals surface area contributed by atoms with Crippen LogP contribution in [0.3, 0.4) is 0 Å². The van der Waals surface area contributed by atoms with Crippen LogP contribution in [0.15, 0.2) is 0 Å². The van der Waals surface area contributed by atoms with Gasteiger partial charge in [0.25, 0.3) is 0 Å². The van der Waals surface area contributed by atoms with Crippen molar-refractivity contribution in [3.8, 4) is 0 Å². The zero-order valence-electron chi connectivity index (χ0n) is 7.49. The maximum Gasteiger partial charge on any atom is 0.219 e. The van der Waals surface area contributed by atoms with Crippen LogP contribution in [0.25, 0.3) is 0 Å². The second-order valence-corrected chi connectivity index (χ2v) is 3.51. The minimum Gasteiger partial charge on any atom is -0.379 e.